The van der Waals surface area contributed by atoms with E-state index in [-0.39, 0.29) is 16.8 Å². The van der Waals surface area contributed by atoms with E-state index >= 15 is 0 Å². The summed E-state index contributed by atoms with van der Waals surface area (Å²) in [6.07, 6.45) is 0. The number of carbonyl (C=O) groups is 2. The van der Waals surface area contributed by atoms with Crippen LogP contribution in [0.15, 0.2) is 35.1 Å². The Balaban J connectivity index is 2.33. The predicted molar refractivity (Wildman–Crippen MR) is 70.0 cm³/mol. The molecule has 0 spiro atoms. The summed E-state index contributed by atoms with van der Waals surface area (Å²) in [4.78, 5) is 35.8. The Hall–Kier alpha value is -3.16. The molecule has 7 nitrogen and oxygen atoms in total. The third-order valence-corrected chi connectivity index (χ3v) is 2.55. The zero-order valence-corrected chi connectivity index (χ0v) is 10.4. The number of aromatic nitrogens is 1. The number of amides is 1. The Morgan fingerprint density at radius 3 is 2.48 bits per heavy atom. The Kier molecular flexibility index (Phi) is 3.70. The third kappa shape index (κ3) is 3.24. The van der Waals surface area contributed by atoms with Gasteiger partial charge < -0.3 is 15.5 Å². The lowest BCUT2D eigenvalue weighted by Crippen LogP contribution is -2.17. The van der Waals surface area contributed by atoms with Gasteiger partial charge in [0.15, 0.2) is 5.88 Å². The first-order valence-corrected chi connectivity index (χ1v) is 5.64. The van der Waals surface area contributed by atoms with Gasteiger partial charge in [0.25, 0.3) is 11.5 Å². The Morgan fingerprint density at radius 1 is 1.14 bits per heavy atom. The number of pyridine rings is 1. The van der Waals surface area contributed by atoms with Gasteiger partial charge >= 0.3 is 5.97 Å². The van der Waals surface area contributed by atoms with Crippen LogP contribution in [0.5, 0.6) is 5.88 Å². The number of H-pyrrole nitrogens is 1. The second-order valence-corrected chi connectivity index (χ2v) is 4.07. The number of hydrogen-bond donors (Lipinski definition) is 4. The van der Waals surface area contributed by atoms with Crippen LogP contribution in [0.2, 0.25) is 0 Å². The standard InChI is InChI=1S/C13H9FN2O5/c14-8-2-1-6(13(20)21)3-9(8)15-12(19)7-4-10(17)16-11(18)5-7/h1-5H,(H,15,19)(H,20,21)(H2,16,17,18). The van der Waals surface area contributed by atoms with E-state index in [1.54, 1.807) is 0 Å². The number of carboxylic acid groups (broad SMARTS) is 1. The van der Waals surface area contributed by atoms with Crippen molar-refractivity contribution in [3.05, 3.63) is 57.6 Å². The van der Waals surface area contributed by atoms with Crippen LogP contribution in [-0.2, 0) is 0 Å². The Morgan fingerprint density at radius 2 is 1.86 bits per heavy atom. The van der Waals surface area contributed by atoms with Gasteiger partial charge in [0.1, 0.15) is 5.82 Å². The van der Waals surface area contributed by atoms with E-state index in [2.05, 4.69) is 5.32 Å². The number of anilines is 1. The molecular weight excluding hydrogens is 283 g/mol. The Bertz CT molecular complexity index is 784. The Labute approximate surface area is 116 Å². The zero-order valence-electron chi connectivity index (χ0n) is 10.4. The molecule has 4 N–H and O–H groups in total. The number of nitrogens with one attached hydrogen (secondary N) is 2. The number of carbonyl (C=O) groups excluding carboxylic acids is 1. The fraction of sp³-hybridized carbons (Fsp3) is 0. The molecule has 0 aliphatic rings. The van der Waals surface area contributed by atoms with Crippen molar-refractivity contribution < 1.29 is 24.2 Å². The largest absolute Gasteiger partial charge is 0.494 e. The van der Waals surface area contributed by atoms with E-state index in [1.807, 2.05) is 4.98 Å². The number of rotatable bonds is 3. The molecule has 0 aliphatic carbocycles. The molecule has 2 aromatic rings. The van der Waals surface area contributed by atoms with Crippen molar-refractivity contribution in [1.29, 1.82) is 0 Å². The van der Waals surface area contributed by atoms with Gasteiger partial charge in [-0.3, -0.25) is 14.6 Å². The highest BCUT2D eigenvalue weighted by Crippen LogP contribution is 2.17. The number of carboxylic acids is 1. The van der Waals surface area contributed by atoms with Crippen molar-refractivity contribution in [2.24, 2.45) is 0 Å². The van der Waals surface area contributed by atoms with Crippen LogP contribution in [0.1, 0.15) is 20.7 Å². The molecule has 0 fully saturated rings. The average molecular weight is 292 g/mol. The number of benzene rings is 1. The molecule has 21 heavy (non-hydrogen) atoms. The molecule has 0 bridgehead atoms. The van der Waals surface area contributed by atoms with Crippen LogP contribution in [-0.4, -0.2) is 27.1 Å². The third-order valence-electron chi connectivity index (χ3n) is 2.55. The molecular formula is C13H9FN2O5. The van der Waals surface area contributed by atoms with E-state index < -0.39 is 29.1 Å². The summed E-state index contributed by atoms with van der Waals surface area (Å²) in [5, 5.41) is 20.1. The van der Waals surface area contributed by atoms with E-state index in [9.17, 15) is 23.9 Å². The van der Waals surface area contributed by atoms with Crippen LogP contribution in [0.4, 0.5) is 10.1 Å². The van der Waals surface area contributed by atoms with Crippen LogP contribution in [0, 0.1) is 5.82 Å². The van der Waals surface area contributed by atoms with Crippen molar-refractivity contribution in [1.82, 2.24) is 4.98 Å². The minimum Gasteiger partial charge on any atom is -0.494 e. The molecule has 0 aliphatic heterocycles. The van der Waals surface area contributed by atoms with Gasteiger partial charge in [-0.15, -0.1) is 0 Å². The van der Waals surface area contributed by atoms with Gasteiger partial charge in [-0.2, -0.15) is 0 Å². The maximum atomic E-state index is 13.5. The number of aromatic amines is 1. The molecule has 0 saturated heterocycles. The zero-order chi connectivity index (χ0) is 15.6. The minimum absolute atomic E-state index is 0.198. The van der Waals surface area contributed by atoms with Gasteiger partial charge in [0.05, 0.1) is 16.8 Å². The van der Waals surface area contributed by atoms with E-state index in [0.717, 1.165) is 30.3 Å². The molecule has 0 radical (unpaired) electrons. The topological polar surface area (TPSA) is 119 Å². The second kappa shape index (κ2) is 5.45. The van der Waals surface area contributed by atoms with Crippen LogP contribution in [0.25, 0.3) is 0 Å². The molecule has 1 aromatic heterocycles. The molecule has 1 aromatic carbocycles. The van der Waals surface area contributed by atoms with Gasteiger partial charge in [-0.05, 0) is 18.2 Å². The molecule has 0 unspecified atom stereocenters. The minimum atomic E-state index is -1.28. The summed E-state index contributed by atoms with van der Waals surface area (Å²) in [5.74, 6) is -3.49. The van der Waals surface area contributed by atoms with E-state index in [4.69, 9.17) is 5.11 Å². The smallest absolute Gasteiger partial charge is 0.335 e. The molecule has 108 valence electrons. The lowest BCUT2D eigenvalue weighted by molar-refractivity contribution is 0.0696. The number of halogens is 1. The van der Waals surface area contributed by atoms with Gasteiger partial charge in [0, 0.05) is 12.1 Å². The SMILES string of the molecule is O=C(O)c1ccc(F)c(NC(=O)c2cc(O)[nH]c(=O)c2)c1. The highest BCUT2D eigenvalue weighted by Gasteiger charge is 2.13. The highest BCUT2D eigenvalue weighted by atomic mass is 19.1. The van der Waals surface area contributed by atoms with E-state index in [1.165, 1.54) is 0 Å². The molecule has 1 heterocycles. The molecule has 1 amide bonds. The predicted octanol–water partition coefficient (Wildman–Crippen LogP) is 1.17. The lowest BCUT2D eigenvalue weighted by Gasteiger charge is -2.07. The van der Waals surface area contributed by atoms with Crippen molar-refractivity contribution in [2.45, 2.75) is 0 Å². The first kappa shape index (κ1) is 14.3. The maximum absolute atomic E-state index is 13.5. The van der Waals surface area contributed by atoms with Crippen molar-refractivity contribution in [2.75, 3.05) is 5.32 Å². The summed E-state index contributed by atoms with van der Waals surface area (Å²) >= 11 is 0. The van der Waals surface area contributed by atoms with Crippen LogP contribution >= 0.6 is 0 Å². The molecule has 2 rings (SSSR count). The number of hydrogen-bond acceptors (Lipinski definition) is 4. The highest BCUT2D eigenvalue weighted by molar-refractivity contribution is 6.05. The molecule has 0 saturated carbocycles. The number of aromatic hydroxyl groups is 1. The molecule has 0 atom stereocenters. The fourth-order valence-corrected chi connectivity index (χ4v) is 1.61. The second-order valence-electron chi connectivity index (χ2n) is 4.07. The fourth-order valence-electron chi connectivity index (χ4n) is 1.61. The van der Waals surface area contributed by atoms with Crippen molar-refractivity contribution >= 4 is 17.6 Å². The maximum Gasteiger partial charge on any atom is 0.335 e. The van der Waals surface area contributed by atoms with Gasteiger partial charge in [0.2, 0.25) is 0 Å². The summed E-state index contributed by atoms with van der Waals surface area (Å²) in [6, 6.07) is 4.78. The summed E-state index contributed by atoms with van der Waals surface area (Å²) in [6.45, 7) is 0. The first-order valence-electron chi connectivity index (χ1n) is 5.64. The summed E-state index contributed by atoms with van der Waals surface area (Å²) in [7, 11) is 0. The van der Waals surface area contributed by atoms with Gasteiger partial charge in [-0.1, -0.05) is 0 Å². The normalized spacial score (nSPS) is 10.1. The van der Waals surface area contributed by atoms with Crippen molar-refractivity contribution in [3.8, 4) is 5.88 Å². The number of aromatic carboxylic acids is 1. The summed E-state index contributed by atoms with van der Waals surface area (Å²) < 4.78 is 13.5. The first-order chi connectivity index (χ1) is 9.86. The van der Waals surface area contributed by atoms with Gasteiger partial charge in [-0.25, -0.2) is 9.18 Å². The average Bonchev–Trinajstić information content (AvgIpc) is 2.39. The van der Waals surface area contributed by atoms with E-state index in [0.29, 0.717) is 0 Å². The summed E-state index contributed by atoms with van der Waals surface area (Å²) in [5.41, 5.74) is -1.46. The molecule has 8 heteroatoms. The monoisotopic (exact) mass is 292 g/mol. The quantitative estimate of drug-likeness (QED) is 0.677. The van der Waals surface area contributed by atoms with Crippen molar-refractivity contribution in [3.63, 3.8) is 0 Å². The van der Waals surface area contributed by atoms with Crippen LogP contribution < -0.4 is 10.9 Å². The lowest BCUT2D eigenvalue weighted by atomic mass is 10.2. The van der Waals surface area contributed by atoms with Crippen LogP contribution in [0.3, 0.4) is 0 Å².